The Kier molecular flexibility index (Phi) is 6.67. The predicted molar refractivity (Wildman–Crippen MR) is 112 cm³/mol. The van der Waals surface area contributed by atoms with Gasteiger partial charge < -0.3 is 14.6 Å². The van der Waals surface area contributed by atoms with Crippen LogP contribution in [0.3, 0.4) is 0 Å². The van der Waals surface area contributed by atoms with E-state index in [1.54, 1.807) is 18.4 Å². The second-order valence-electron chi connectivity index (χ2n) is 6.19. The normalized spacial score (nSPS) is 10.9. The van der Waals surface area contributed by atoms with Crippen LogP contribution in [0.2, 0.25) is 0 Å². The molecule has 28 heavy (non-hydrogen) atoms. The second-order valence-corrected chi connectivity index (χ2v) is 8.07. The number of nitriles is 1. The fourth-order valence-corrected chi connectivity index (χ4v) is 4.69. The molecule has 0 bridgehead atoms. The van der Waals surface area contributed by atoms with Crippen molar-refractivity contribution in [3.63, 3.8) is 0 Å². The summed E-state index contributed by atoms with van der Waals surface area (Å²) in [6.45, 7) is 5.15. The molecule has 0 aliphatic heterocycles. The Labute approximate surface area is 171 Å². The Hall–Kier alpha value is -2.41. The maximum atomic E-state index is 12.6. The third-order valence-corrected chi connectivity index (χ3v) is 6.51. The highest BCUT2D eigenvalue weighted by atomic mass is 32.2. The minimum atomic E-state index is -0.171. The van der Waals surface area contributed by atoms with Gasteiger partial charge in [0.2, 0.25) is 5.91 Å². The SMILES string of the molecule is COCCCn1c(C)c(C)c(C#N)c1NC(=O)CSc1ncnc2ccsc12. The molecule has 3 aromatic rings. The van der Waals surface area contributed by atoms with Gasteiger partial charge in [-0.15, -0.1) is 11.3 Å². The second kappa shape index (κ2) is 9.19. The van der Waals surface area contributed by atoms with Gasteiger partial charge in [0.1, 0.15) is 23.2 Å². The molecule has 146 valence electrons. The molecule has 3 heterocycles. The first kappa shape index (κ1) is 20.3. The Bertz CT molecular complexity index is 1040. The number of nitrogens with zero attached hydrogens (tertiary/aromatic N) is 4. The van der Waals surface area contributed by atoms with Crippen LogP contribution in [0.15, 0.2) is 22.8 Å². The number of aromatic nitrogens is 3. The molecule has 0 radical (unpaired) electrons. The van der Waals surface area contributed by atoms with Crippen LogP contribution in [0.4, 0.5) is 5.82 Å². The zero-order chi connectivity index (χ0) is 20.1. The van der Waals surface area contributed by atoms with Crippen LogP contribution in [0.1, 0.15) is 23.2 Å². The lowest BCUT2D eigenvalue weighted by Crippen LogP contribution is -2.18. The highest BCUT2D eigenvalue weighted by Crippen LogP contribution is 2.30. The zero-order valence-corrected chi connectivity index (χ0v) is 17.6. The number of ether oxygens (including phenoxy) is 1. The molecule has 7 nitrogen and oxygen atoms in total. The van der Waals surface area contributed by atoms with E-state index >= 15 is 0 Å². The molecule has 0 spiro atoms. The van der Waals surface area contributed by atoms with E-state index in [1.165, 1.54) is 18.1 Å². The largest absolute Gasteiger partial charge is 0.385 e. The molecule has 0 aliphatic carbocycles. The standard InChI is InChI=1S/C19H21N5O2S2/c1-12-13(2)24(6-4-7-26-3)18(14(12)9-20)23-16(25)10-28-19-17-15(5-8-27-17)21-11-22-19/h5,8,11H,4,6-7,10H2,1-3H3,(H,23,25). The number of methoxy groups -OCH3 is 1. The number of anilines is 1. The van der Waals surface area contributed by atoms with Crippen LogP contribution in [-0.2, 0) is 16.1 Å². The number of hydrogen-bond donors (Lipinski definition) is 1. The highest BCUT2D eigenvalue weighted by molar-refractivity contribution is 8.00. The zero-order valence-electron chi connectivity index (χ0n) is 16.0. The van der Waals surface area contributed by atoms with Gasteiger partial charge in [-0.1, -0.05) is 11.8 Å². The van der Waals surface area contributed by atoms with Gasteiger partial charge >= 0.3 is 0 Å². The van der Waals surface area contributed by atoms with Gasteiger partial charge in [0, 0.05) is 26.0 Å². The number of hydrogen-bond acceptors (Lipinski definition) is 7. The molecule has 0 saturated heterocycles. The van der Waals surface area contributed by atoms with Gasteiger partial charge in [-0.25, -0.2) is 9.97 Å². The molecule has 9 heteroatoms. The van der Waals surface area contributed by atoms with Crippen molar-refractivity contribution in [2.75, 3.05) is 24.8 Å². The van der Waals surface area contributed by atoms with Crippen molar-refractivity contribution >= 4 is 45.0 Å². The molecule has 3 aromatic heterocycles. The summed E-state index contributed by atoms with van der Waals surface area (Å²) in [7, 11) is 1.66. The van der Waals surface area contributed by atoms with Gasteiger partial charge in [0.25, 0.3) is 0 Å². The first-order valence-corrected chi connectivity index (χ1v) is 10.6. The van der Waals surface area contributed by atoms with Crippen LogP contribution < -0.4 is 5.32 Å². The van der Waals surface area contributed by atoms with Crippen LogP contribution in [-0.4, -0.2) is 39.9 Å². The summed E-state index contributed by atoms with van der Waals surface area (Å²) in [6.07, 6.45) is 2.31. The summed E-state index contributed by atoms with van der Waals surface area (Å²) < 4.78 is 8.09. The number of amides is 1. The van der Waals surface area contributed by atoms with E-state index in [2.05, 4.69) is 21.4 Å². The molecular formula is C19H21N5O2S2. The summed E-state index contributed by atoms with van der Waals surface area (Å²) in [5.74, 6) is 0.592. The van der Waals surface area contributed by atoms with E-state index in [0.29, 0.717) is 24.5 Å². The van der Waals surface area contributed by atoms with Crippen molar-refractivity contribution in [2.45, 2.75) is 31.8 Å². The van der Waals surface area contributed by atoms with Crippen molar-refractivity contribution < 1.29 is 9.53 Å². The summed E-state index contributed by atoms with van der Waals surface area (Å²) in [5.41, 5.74) is 3.26. The fourth-order valence-electron chi connectivity index (χ4n) is 2.95. The quantitative estimate of drug-likeness (QED) is 0.342. The fraction of sp³-hybridized carbons (Fsp3) is 0.368. The third kappa shape index (κ3) is 4.19. The molecule has 3 rings (SSSR count). The van der Waals surface area contributed by atoms with Gasteiger partial charge in [0.15, 0.2) is 0 Å². The number of carbonyl (C=O) groups is 1. The van der Waals surface area contributed by atoms with Crippen molar-refractivity contribution in [3.05, 3.63) is 34.6 Å². The van der Waals surface area contributed by atoms with E-state index in [-0.39, 0.29) is 11.7 Å². The number of thioether (sulfide) groups is 1. The molecule has 0 unspecified atom stereocenters. The van der Waals surface area contributed by atoms with Gasteiger partial charge in [-0.2, -0.15) is 5.26 Å². The highest BCUT2D eigenvalue weighted by Gasteiger charge is 2.19. The number of thiophene rings is 1. The molecular weight excluding hydrogens is 394 g/mol. The number of rotatable bonds is 8. The summed E-state index contributed by atoms with van der Waals surface area (Å²) in [6, 6.07) is 4.16. The third-order valence-electron chi connectivity index (χ3n) is 4.48. The maximum absolute atomic E-state index is 12.6. The molecule has 0 atom stereocenters. The molecule has 0 fully saturated rings. The van der Waals surface area contributed by atoms with E-state index in [4.69, 9.17) is 4.74 Å². The van der Waals surface area contributed by atoms with E-state index in [9.17, 15) is 10.1 Å². The Balaban J connectivity index is 1.75. The number of carbonyl (C=O) groups excluding carboxylic acids is 1. The lowest BCUT2D eigenvalue weighted by atomic mass is 10.2. The van der Waals surface area contributed by atoms with Gasteiger partial charge in [0.05, 0.1) is 21.5 Å². The molecule has 0 aliphatic rings. The Morgan fingerprint density at radius 2 is 2.25 bits per heavy atom. The van der Waals surface area contributed by atoms with Crippen molar-refractivity contribution in [3.8, 4) is 6.07 Å². The smallest absolute Gasteiger partial charge is 0.235 e. The van der Waals surface area contributed by atoms with E-state index < -0.39 is 0 Å². The van der Waals surface area contributed by atoms with Crippen LogP contribution in [0.5, 0.6) is 0 Å². The predicted octanol–water partition coefficient (Wildman–Crippen LogP) is 3.75. The van der Waals surface area contributed by atoms with Crippen LogP contribution >= 0.6 is 23.1 Å². The van der Waals surface area contributed by atoms with Crippen molar-refractivity contribution in [1.29, 1.82) is 5.26 Å². The van der Waals surface area contributed by atoms with Crippen molar-refractivity contribution in [2.24, 2.45) is 0 Å². The van der Waals surface area contributed by atoms with Crippen LogP contribution in [0.25, 0.3) is 10.2 Å². The molecule has 0 aromatic carbocycles. The minimum Gasteiger partial charge on any atom is -0.385 e. The van der Waals surface area contributed by atoms with Crippen molar-refractivity contribution in [1.82, 2.24) is 14.5 Å². The number of nitrogens with one attached hydrogen (secondary N) is 1. The Morgan fingerprint density at radius 3 is 3.00 bits per heavy atom. The number of fused-ring (bicyclic) bond motifs is 1. The molecule has 1 amide bonds. The Morgan fingerprint density at radius 1 is 1.43 bits per heavy atom. The lowest BCUT2D eigenvalue weighted by molar-refractivity contribution is -0.113. The lowest BCUT2D eigenvalue weighted by Gasteiger charge is -2.13. The average Bonchev–Trinajstić information content (AvgIpc) is 3.25. The summed E-state index contributed by atoms with van der Waals surface area (Å²) >= 11 is 2.93. The molecule has 0 saturated carbocycles. The molecule has 1 N–H and O–H groups in total. The van der Waals surface area contributed by atoms with E-state index in [0.717, 1.165) is 32.9 Å². The van der Waals surface area contributed by atoms with Gasteiger partial charge in [-0.3, -0.25) is 4.79 Å². The minimum absolute atomic E-state index is 0.171. The van der Waals surface area contributed by atoms with E-state index in [1.807, 2.05) is 29.9 Å². The topological polar surface area (TPSA) is 92.8 Å². The average molecular weight is 416 g/mol. The summed E-state index contributed by atoms with van der Waals surface area (Å²) in [5, 5.41) is 15.2. The maximum Gasteiger partial charge on any atom is 0.235 e. The summed E-state index contributed by atoms with van der Waals surface area (Å²) in [4.78, 5) is 21.1. The monoisotopic (exact) mass is 415 g/mol. The first-order chi connectivity index (χ1) is 13.6. The van der Waals surface area contributed by atoms with Crippen LogP contribution in [0, 0.1) is 25.2 Å². The van der Waals surface area contributed by atoms with Gasteiger partial charge in [-0.05, 0) is 37.3 Å². The first-order valence-electron chi connectivity index (χ1n) is 8.76.